The number of hydrogen-bond donors (Lipinski definition) is 1. The lowest BCUT2D eigenvalue weighted by Gasteiger charge is -2.36. The monoisotopic (exact) mass is 540 g/mol. The number of rotatable bonds is 4. The molecule has 1 saturated carbocycles. The van der Waals surface area contributed by atoms with Crippen LogP contribution in [-0.4, -0.2) is 62.8 Å². The molecule has 1 atom stereocenters. The fourth-order valence-corrected chi connectivity index (χ4v) is 6.17. The van der Waals surface area contributed by atoms with Gasteiger partial charge < -0.3 is 14.4 Å². The predicted molar refractivity (Wildman–Crippen MR) is 146 cm³/mol. The van der Waals surface area contributed by atoms with E-state index < -0.39 is 17.6 Å². The highest BCUT2D eigenvalue weighted by atomic mass is 16.6. The average molecular weight is 541 g/mol. The second-order valence-electron chi connectivity index (χ2n) is 12.2. The van der Waals surface area contributed by atoms with E-state index in [2.05, 4.69) is 17.4 Å². The number of piperidine rings is 2. The first kappa shape index (κ1) is 27.4. The second-order valence-corrected chi connectivity index (χ2v) is 12.2. The van der Waals surface area contributed by atoms with Crippen molar-refractivity contribution in [1.29, 1.82) is 0 Å². The summed E-state index contributed by atoms with van der Waals surface area (Å²) >= 11 is 0. The topological polar surface area (TPSA) is 112 Å². The minimum atomic E-state index is -0.673. The highest BCUT2D eigenvalue weighted by molar-refractivity contribution is 6.00. The molecule has 1 unspecified atom stereocenters. The minimum Gasteiger partial charge on any atom is -0.444 e. The second kappa shape index (κ2) is 10.8. The molecule has 3 heterocycles. The van der Waals surface area contributed by atoms with E-state index in [9.17, 15) is 19.2 Å². The number of ether oxygens (including phenoxy) is 2. The third kappa shape index (κ3) is 5.90. The van der Waals surface area contributed by atoms with Crippen molar-refractivity contribution in [1.82, 2.24) is 19.4 Å². The van der Waals surface area contributed by atoms with E-state index in [1.54, 1.807) is 16.5 Å². The molecule has 1 aromatic carbocycles. The van der Waals surface area contributed by atoms with Crippen molar-refractivity contribution in [3.05, 3.63) is 34.2 Å². The zero-order valence-corrected chi connectivity index (χ0v) is 23.4. The van der Waals surface area contributed by atoms with Crippen LogP contribution in [0.15, 0.2) is 23.0 Å². The van der Waals surface area contributed by atoms with Gasteiger partial charge in [-0.3, -0.25) is 24.0 Å². The van der Waals surface area contributed by atoms with Crippen LogP contribution < -0.4 is 11.0 Å². The number of imide groups is 1. The number of imidazole rings is 1. The maximum absolute atomic E-state index is 13.1. The fraction of sp³-hybridized carbons (Fsp3) is 0.655. The van der Waals surface area contributed by atoms with Gasteiger partial charge in [-0.05, 0) is 89.3 Å². The summed E-state index contributed by atoms with van der Waals surface area (Å²) in [6, 6.07) is 5.42. The Bertz CT molecular complexity index is 1310. The van der Waals surface area contributed by atoms with Gasteiger partial charge in [-0.25, -0.2) is 9.59 Å². The zero-order valence-electron chi connectivity index (χ0n) is 23.4. The number of amides is 3. The van der Waals surface area contributed by atoms with Crippen LogP contribution in [0.1, 0.15) is 89.7 Å². The number of aryl methyl sites for hydroxylation is 1. The van der Waals surface area contributed by atoms with Crippen LogP contribution in [0.4, 0.5) is 4.79 Å². The maximum atomic E-state index is 13.1. The van der Waals surface area contributed by atoms with E-state index in [0.717, 1.165) is 49.6 Å². The Kier molecular flexibility index (Phi) is 7.59. The predicted octanol–water partition coefficient (Wildman–Crippen LogP) is 3.76. The van der Waals surface area contributed by atoms with Crippen LogP contribution in [0, 0.1) is 0 Å². The van der Waals surface area contributed by atoms with Gasteiger partial charge in [0.15, 0.2) is 0 Å². The number of aromatic nitrogens is 2. The first-order valence-electron chi connectivity index (χ1n) is 14.2. The molecule has 0 spiro atoms. The molecule has 2 saturated heterocycles. The summed E-state index contributed by atoms with van der Waals surface area (Å²) in [5, 5.41) is 2.36. The zero-order chi connectivity index (χ0) is 27.9. The molecule has 2 aliphatic heterocycles. The Morgan fingerprint density at radius 2 is 1.59 bits per heavy atom. The number of likely N-dealkylation sites (tertiary alicyclic amines) is 1. The highest BCUT2D eigenvalue weighted by Gasteiger charge is 2.33. The highest BCUT2D eigenvalue weighted by Crippen LogP contribution is 2.36. The number of carbonyl (C=O) groups excluding carboxylic acids is 3. The van der Waals surface area contributed by atoms with Gasteiger partial charge in [0.25, 0.3) is 0 Å². The molecule has 3 aliphatic rings. The maximum Gasteiger partial charge on any atom is 0.410 e. The molecule has 2 aromatic rings. The number of nitrogens with one attached hydrogen (secondary N) is 1. The summed E-state index contributed by atoms with van der Waals surface area (Å²) in [5.41, 5.74) is 1.99. The number of fused-ring (bicyclic) bond motifs is 1. The van der Waals surface area contributed by atoms with Crippen molar-refractivity contribution in [2.24, 2.45) is 7.05 Å². The minimum absolute atomic E-state index is 0.170. The summed E-state index contributed by atoms with van der Waals surface area (Å²) in [6.07, 6.45) is 6.33. The molecule has 3 amide bonds. The van der Waals surface area contributed by atoms with Gasteiger partial charge in [0.1, 0.15) is 11.6 Å². The molecule has 5 rings (SSSR count). The lowest BCUT2D eigenvalue weighted by molar-refractivity contribution is -0.135. The van der Waals surface area contributed by atoms with E-state index in [1.807, 2.05) is 26.8 Å². The summed E-state index contributed by atoms with van der Waals surface area (Å²) in [7, 11) is 1.73. The molecule has 0 radical (unpaired) electrons. The fourth-order valence-electron chi connectivity index (χ4n) is 6.17. The van der Waals surface area contributed by atoms with E-state index >= 15 is 0 Å². The summed E-state index contributed by atoms with van der Waals surface area (Å²) < 4.78 is 15.1. The average Bonchev–Trinajstić information content (AvgIpc) is 3.13. The van der Waals surface area contributed by atoms with Crippen molar-refractivity contribution in [2.75, 3.05) is 13.1 Å². The van der Waals surface area contributed by atoms with E-state index in [0.29, 0.717) is 25.4 Å². The summed E-state index contributed by atoms with van der Waals surface area (Å²) in [6.45, 7) is 6.97. The summed E-state index contributed by atoms with van der Waals surface area (Å²) in [5.74, 6) is -0.325. The molecule has 10 heteroatoms. The molecule has 0 bridgehead atoms. The molecule has 1 aromatic heterocycles. The largest absolute Gasteiger partial charge is 0.444 e. The lowest BCUT2D eigenvalue weighted by Crippen LogP contribution is -2.44. The van der Waals surface area contributed by atoms with Crippen molar-refractivity contribution in [3.8, 4) is 0 Å². The van der Waals surface area contributed by atoms with Gasteiger partial charge in [-0.15, -0.1) is 0 Å². The van der Waals surface area contributed by atoms with E-state index in [-0.39, 0.29) is 36.3 Å². The molecular weight excluding hydrogens is 500 g/mol. The Morgan fingerprint density at radius 1 is 0.923 bits per heavy atom. The molecule has 1 N–H and O–H groups in total. The van der Waals surface area contributed by atoms with Crippen LogP contribution in [0.2, 0.25) is 0 Å². The Balaban J connectivity index is 1.17. The van der Waals surface area contributed by atoms with Crippen LogP contribution >= 0.6 is 0 Å². The number of benzene rings is 1. The number of nitrogens with zero attached hydrogens (tertiary/aromatic N) is 3. The quantitative estimate of drug-likeness (QED) is 0.591. The number of hydrogen-bond acceptors (Lipinski definition) is 6. The smallest absolute Gasteiger partial charge is 0.410 e. The van der Waals surface area contributed by atoms with Gasteiger partial charge in [-0.2, -0.15) is 0 Å². The Hall–Kier alpha value is -3.14. The first-order chi connectivity index (χ1) is 18.5. The van der Waals surface area contributed by atoms with Crippen molar-refractivity contribution in [3.63, 3.8) is 0 Å². The van der Waals surface area contributed by atoms with Crippen molar-refractivity contribution in [2.45, 2.75) is 102 Å². The molecule has 1 aliphatic carbocycles. The SMILES string of the molecule is Cn1c(=O)n(C2CCC(=O)NC2=O)c2ccc([C@H]3CC[C@H](OC4CCN(C(=O)OC(C)(C)C)CC4)CC3)cc21. The van der Waals surface area contributed by atoms with Crippen molar-refractivity contribution < 1.29 is 23.9 Å². The van der Waals surface area contributed by atoms with Gasteiger partial charge in [0.2, 0.25) is 11.8 Å². The third-order valence-electron chi connectivity index (χ3n) is 8.26. The molecule has 3 fully saturated rings. The molecular formula is C29H40N4O6. The standard InChI is InChI=1S/C29H40N4O6/c1-29(2,3)39-28(37)32-15-13-21(14-16-32)38-20-8-5-18(6-9-20)19-7-10-22-24(17-19)31(4)27(36)33(22)23-11-12-25(34)30-26(23)35/h7,10,17-18,20-21,23H,5-6,8-9,11-16H2,1-4H3,(H,30,34,35)/t18-,20-,23?. The van der Waals surface area contributed by atoms with Gasteiger partial charge in [0.05, 0.1) is 23.2 Å². The molecule has 212 valence electrons. The van der Waals surface area contributed by atoms with Crippen LogP contribution in [-0.2, 0) is 26.1 Å². The van der Waals surface area contributed by atoms with Gasteiger partial charge in [0, 0.05) is 26.6 Å². The third-order valence-corrected chi connectivity index (χ3v) is 8.26. The molecule has 39 heavy (non-hydrogen) atoms. The van der Waals surface area contributed by atoms with E-state index in [4.69, 9.17) is 9.47 Å². The van der Waals surface area contributed by atoms with Crippen LogP contribution in [0.25, 0.3) is 11.0 Å². The Labute approximate surface area is 228 Å². The first-order valence-corrected chi connectivity index (χ1v) is 14.2. The lowest BCUT2D eigenvalue weighted by atomic mass is 9.82. The summed E-state index contributed by atoms with van der Waals surface area (Å²) in [4.78, 5) is 51.2. The van der Waals surface area contributed by atoms with E-state index in [1.165, 1.54) is 10.1 Å². The molecule has 10 nitrogen and oxygen atoms in total. The van der Waals surface area contributed by atoms with Gasteiger partial charge in [-0.1, -0.05) is 6.07 Å². The van der Waals surface area contributed by atoms with Gasteiger partial charge >= 0.3 is 11.8 Å². The van der Waals surface area contributed by atoms with Crippen LogP contribution in [0.3, 0.4) is 0 Å². The Morgan fingerprint density at radius 3 is 2.23 bits per heavy atom. The van der Waals surface area contributed by atoms with Crippen molar-refractivity contribution >= 4 is 28.9 Å². The number of carbonyl (C=O) groups is 3. The van der Waals surface area contributed by atoms with Crippen LogP contribution in [0.5, 0.6) is 0 Å². The normalized spacial score (nSPS) is 25.1.